The van der Waals surface area contributed by atoms with Crippen molar-refractivity contribution in [2.45, 2.75) is 43.0 Å². The van der Waals surface area contributed by atoms with Crippen LogP contribution in [0.25, 0.3) is 0 Å². The number of hydrogen-bond acceptors (Lipinski definition) is 7. The molecule has 1 fully saturated rings. The third-order valence-corrected chi connectivity index (χ3v) is 6.51. The Bertz CT molecular complexity index is 737. The van der Waals surface area contributed by atoms with E-state index in [0.717, 1.165) is 22.2 Å². The molecule has 0 radical (unpaired) electrons. The molecule has 1 heterocycles. The Kier molecular flexibility index (Phi) is 6.73. The Balaban J connectivity index is 1.49. The lowest BCUT2D eigenvalue weighted by molar-refractivity contribution is -0.119. The smallest absolute Gasteiger partial charge is 0.230 e. The van der Waals surface area contributed by atoms with Crippen molar-refractivity contribution in [3.05, 3.63) is 24.3 Å². The van der Waals surface area contributed by atoms with Crippen molar-refractivity contribution < 1.29 is 9.53 Å². The summed E-state index contributed by atoms with van der Waals surface area (Å²) in [5, 5.41) is 15.3. The van der Waals surface area contributed by atoms with Crippen molar-refractivity contribution in [2.24, 2.45) is 5.92 Å². The first-order valence-corrected chi connectivity index (χ1v) is 10.6. The van der Waals surface area contributed by atoms with Crippen LogP contribution in [0.5, 0.6) is 5.75 Å². The summed E-state index contributed by atoms with van der Waals surface area (Å²) in [5.74, 6) is 1.75. The van der Waals surface area contributed by atoms with Crippen molar-refractivity contribution in [1.82, 2.24) is 15.5 Å². The number of aromatic nitrogens is 2. The second-order valence-corrected chi connectivity index (χ2v) is 8.62. The maximum atomic E-state index is 12.2. The minimum Gasteiger partial charge on any atom is -0.495 e. The molecule has 2 atom stereocenters. The van der Waals surface area contributed by atoms with Gasteiger partial charge in [-0.3, -0.25) is 4.79 Å². The summed E-state index contributed by atoms with van der Waals surface area (Å²) in [5.41, 5.74) is 0.840. The number of ether oxygens (including phenoxy) is 1. The molecule has 1 aromatic heterocycles. The largest absolute Gasteiger partial charge is 0.495 e. The molecule has 1 aliphatic rings. The molecule has 0 unspecified atom stereocenters. The predicted molar refractivity (Wildman–Crippen MR) is 106 cm³/mol. The number of benzene rings is 1. The first-order valence-electron chi connectivity index (χ1n) is 8.81. The van der Waals surface area contributed by atoms with Crippen LogP contribution < -0.4 is 15.4 Å². The van der Waals surface area contributed by atoms with Gasteiger partial charge in [-0.15, -0.1) is 10.2 Å². The number of rotatable bonds is 7. The van der Waals surface area contributed by atoms with Crippen LogP contribution in [0.2, 0.25) is 0 Å². The highest BCUT2D eigenvalue weighted by molar-refractivity contribution is 8.01. The zero-order chi connectivity index (χ0) is 18.4. The molecule has 0 aliphatic heterocycles. The molecule has 0 spiro atoms. The molecular formula is C18H24N4O2S2. The van der Waals surface area contributed by atoms with Crippen LogP contribution in [-0.2, 0) is 4.79 Å². The molecule has 1 aromatic carbocycles. The van der Waals surface area contributed by atoms with Gasteiger partial charge in [0.25, 0.3) is 0 Å². The summed E-state index contributed by atoms with van der Waals surface area (Å²) in [4.78, 5) is 12.2. The van der Waals surface area contributed by atoms with Gasteiger partial charge in [-0.2, -0.15) is 0 Å². The van der Waals surface area contributed by atoms with Gasteiger partial charge in [0.2, 0.25) is 11.0 Å². The molecule has 0 saturated heterocycles. The quantitative estimate of drug-likeness (QED) is 0.692. The molecule has 8 heteroatoms. The normalized spacial score (nSPS) is 19.8. The molecule has 26 heavy (non-hydrogen) atoms. The molecule has 140 valence electrons. The Hall–Kier alpha value is -1.80. The second kappa shape index (κ2) is 9.23. The average Bonchev–Trinajstić information content (AvgIpc) is 3.10. The van der Waals surface area contributed by atoms with Crippen LogP contribution in [-0.4, -0.2) is 35.0 Å². The fourth-order valence-electron chi connectivity index (χ4n) is 3.09. The maximum absolute atomic E-state index is 12.2. The van der Waals surface area contributed by atoms with E-state index in [1.54, 1.807) is 7.11 Å². The standard InChI is InChI=1S/C18H24N4O2S2/c1-12-7-3-4-8-13(12)19-16(23)11-25-18-22-21-17(26-18)20-14-9-5-6-10-15(14)24-2/h5-6,9-10,12-13H,3-4,7-8,11H2,1-2H3,(H,19,23)(H,20,21)/t12-,13+/m0/s1. The highest BCUT2D eigenvalue weighted by Gasteiger charge is 2.22. The molecule has 2 aromatic rings. The van der Waals surface area contributed by atoms with Gasteiger partial charge < -0.3 is 15.4 Å². The number of hydrogen-bond donors (Lipinski definition) is 2. The molecule has 2 N–H and O–H groups in total. The maximum Gasteiger partial charge on any atom is 0.230 e. The van der Waals surface area contributed by atoms with E-state index < -0.39 is 0 Å². The third-order valence-electron chi connectivity index (χ3n) is 4.54. The predicted octanol–water partition coefficient (Wildman–Crippen LogP) is 4.08. The summed E-state index contributed by atoms with van der Waals surface area (Å²) in [6.07, 6.45) is 4.77. The van der Waals surface area contributed by atoms with E-state index in [0.29, 0.717) is 22.8 Å². The Labute approximate surface area is 162 Å². The van der Waals surface area contributed by atoms with Crippen molar-refractivity contribution in [1.29, 1.82) is 0 Å². The summed E-state index contributed by atoms with van der Waals surface area (Å²) in [6.45, 7) is 2.22. The summed E-state index contributed by atoms with van der Waals surface area (Å²) < 4.78 is 6.09. The average molecular weight is 393 g/mol. The lowest BCUT2D eigenvalue weighted by Gasteiger charge is -2.29. The Morgan fingerprint density at radius 2 is 2.12 bits per heavy atom. The minimum absolute atomic E-state index is 0.0724. The Morgan fingerprint density at radius 3 is 2.92 bits per heavy atom. The van der Waals surface area contributed by atoms with Gasteiger partial charge in [-0.25, -0.2) is 0 Å². The van der Waals surface area contributed by atoms with Crippen molar-refractivity contribution in [3.8, 4) is 5.75 Å². The van der Waals surface area contributed by atoms with Gasteiger partial charge in [0.15, 0.2) is 4.34 Å². The lowest BCUT2D eigenvalue weighted by atomic mass is 9.86. The zero-order valence-corrected chi connectivity index (χ0v) is 16.7. The molecular weight excluding hydrogens is 368 g/mol. The summed E-state index contributed by atoms with van der Waals surface area (Å²) >= 11 is 2.85. The molecule has 0 bridgehead atoms. The SMILES string of the molecule is COc1ccccc1Nc1nnc(SCC(=O)N[C@@H]2CCCC[C@@H]2C)s1. The van der Waals surface area contributed by atoms with Crippen LogP contribution in [0.1, 0.15) is 32.6 Å². The number of para-hydroxylation sites is 2. The van der Waals surface area contributed by atoms with Crippen LogP contribution in [0.4, 0.5) is 10.8 Å². The second-order valence-electron chi connectivity index (χ2n) is 6.42. The monoisotopic (exact) mass is 392 g/mol. The zero-order valence-electron chi connectivity index (χ0n) is 15.0. The van der Waals surface area contributed by atoms with Crippen molar-refractivity contribution in [2.75, 3.05) is 18.2 Å². The number of thioether (sulfide) groups is 1. The van der Waals surface area contributed by atoms with Crippen molar-refractivity contribution in [3.63, 3.8) is 0 Å². The van der Waals surface area contributed by atoms with E-state index in [4.69, 9.17) is 4.74 Å². The topological polar surface area (TPSA) is 76.1 Å². The van der Waals surface area contributed by atoms with Crippen LogP contribution in [0, 0.1) is 5.92 Å². The number of nitrogens with zero attached hydrogens (tertiary/aromatic N) is 2. The number of carbonyl (C=O) groups excluding carboxylic acids is 1. The van der Waals surface area contributed by atoms with Crippen molar-refractivity contribution >= 4 is 39.8 Å². The van der Waals surface area contributed by atoms with Crippen LogP contribution in [0.3, 0.4) is 0 Å². The van der Waals surface area contributed by atoms with E-state index in [-0.39, 0.29) is 5.91 Å². The van der Waals surface area contributed by atoms with Gasteiger partial charge in [-0.1, -0.05) is 55.0 Å². The molecule has 3 rings (SSSR count). The van der Waals surface area contributed by atoms with E-state index in [1.165, 1.54) is 42.4 Å². The fraction of sp³-hybridized carbons (Fsp3) is 0.500. The highest BCUT2D eigenvalue weighted by Crippen LogP contribution is 2.31. The molecule has 1 amide bonds. The number of methoxy groups -OCH3 is 1. The molecule has 6 nitrogen and oxygen atoms in total. The van der Waals surface area contributed by atoms with Gasteiger partial charge in [0.1, 0.15) is 5.75 Å². The third kappa shape index (κ3) is 5.11. The summed E-state index contributed by atoms with van der Waals surface area (Å²) in [6, 6.07) is 7.96. The van der Waals surface area contributed by atoms with Gasteiger partial charge in [0.05, 0.1) is 18.6 Å². The number of anilines is 2. The number of carbonyl (C=O) groups is 1. The van der Waals surface area contributed by atoms with Crippen LogP contribution in [0.15, 0.2) is 28.6 Å². The highest BCUT2D eigenvalue weighted by atomic mass is 32.2. The first kappa shape index (κ1) is 19.0. The van der Waals surface area contributed by atoms with Gasteiger partial charge in [0, 0.05) is 6.04 Å². The first-order chi connectivity index (χ1) is 12.7. The minimum atomic E-state index is 0.0724. The van der Waals surface area contributed by atoms with E-state index in [2.05, 4.69) is 27.8 Å². The van der Waals surface area contributed by atoms with Crippen LogP contribution >= 0.6 is 23.1 Å². The van der Waals surface area contributed by atoms with Gasteiger partial charge >= 0.3 is 0 Å². The van der Waals surface area contributed by atoms with Gasteiger partial charge in [-0.05, 0) is 30.9 Å². The molecule has 1 saturated carbocycles. The van der Waals surface area contributed by atoms with E-state index in [1.807, 2.05) is 24.3 Å². The number of nitrogens with one attached hydrogen (secondary N) is 2. The summed E-state index contributed by atoms with van der Waals surface area (Å²) in [7, 11) is 1.63. The van der Waals surface area contributed by atoms with E-state index in [9.17, 15) is 4.79 Å². The van der Waals surface area contributed by atoms with E-state index >= 15 is 0 Å². The Morgan fingerprint density at radius 1 is 1.31 bits per heavy atom. The lowest BCUT2D eigenvalue weighted by Crippen LogP contribution is -2.41. The fourth-order valence-corrected chi connectivity index (χ4v) is 4.66. The molecule has 1 aliphatic carbocycles. The number of amides is 1.